The minimum Gasteiger partial charge on any atom is -0.381 e. The monoisotopic (exact) mass is 175 g/mol. The van der Waals surface area contributed by atoms with Crippen molar-refractivity contribution >= 4 is 12.0 Å². The van der Waals surface area contributed by atoms with Crippen LogP contribution in [0, 0.1) is 0 Å². The molecular weight excluding hydrogens is 162 g/mol. The molecule has 0 fully saturated rings. The van der Waals surface area contributed by atoms with Gasteiger partial charge in [-0.25, -0.2) is 0 Å². The Kier molecular flexibility index (Phi) is 3.76. The summed E-state index contributed by atoms with van der Waals surface area (Å²) in [7, 11) is 0. The van der Waals surface area contributed by atoms with Crippen LogP contribution in [0.5, 0.6) is 0 Å². The Labute approximate surface area is 78.3 Å². The van der Waals surface area contributed by atoms with E-state index in [-0.39, 0.29) is 0 Å². The van der Waals surface area contributed by atoms with E-state index in [1.165, 1.54) is 0 Å². The van der Waals surface area contributed by atoms with E-state index in [2.05, 4.69) is 5.32 Å². The van der Waals surface area contributed by atoms with Crippen LogP contribution in [0.25, 0.3) is 0 Å². The Morgan fingerprint density at radius 2 is 2.08 bits per heavy atom. The molecule has 0 bridgehead atoms. The highest BCUT2D eigenvalue weighted by Crippen LogP contribution is 2.05. The molecule has 1 N–H and O–H groups in total. The van der Waals surface area contributed by atoms with Crippen molar-refractivity contribution in [3.05, 3.63) is 42.0 Å². The van der Waals surface area contributed by atoms with Gasteiger partial charge in [0.1, 0.15) is 6.29 Å². The highest BCUT2D eigenvalue weighted by Gasteiger charge is 1.89. The number of nitrogens with one attached hydrogen (secondary N) is 1. The quantitative estimate of drug-likeness (QED) is 0.561. The number of rotatable bonds is 4. The van der Waals surface area contributed by atoms with Gasteiger partial charge in [0.05, 0.1) is 0 Å². The van der Waals surface area contributed by atoms with Gasteiger partial charge in [0.2, 0.25) is 0 Å². The van der Waals surface area contributed by atoms with Gasteiger partial charge in [0.15, 0.2) is 0 Å². The fourth-order valence-electron chi connectivity index (χ4n) is 0.973. The lowest BCUT2D eigenvalue weighted by atomic mass is 10.2. The first-order valence-corrected chi connectivity index (χ1v) is 4.23. The Morgan fingerprint density at radius 1 is 1.38 bits per heavy atom. The van der Waals surface area contributed by atoms with Crippen LogP contribution in [-0.4, -0.2) is 12.8 Å². The minimum atomic E-state index is 0.711. The second kappa shape index (κ2) is 5.14. The number of hydrogen-bond acceptors (Lipinski definition) is 2. The van der Waals surface area contributed by atoms with Crippen LogP contribution in [0.15, 0.2) is 42.0 Å². The normalized spacial score (nSPS) is 11.0. The van der Waals surface area contributed by atoms with Gasteiger partial charge >= 0.3 is 0 Å². The zero-order valence-corrected chi connectivity index (χ0v) is 7.66. The maximum atomic E-state index is 10.1. The van der Waals surface area contributed by atoms with Gasteiger partial charge in [0.25, 0.3) is 0 Å². The molecular formula is C11H13NO. The number of anilines is 1. The third-order valence-electron chi connectivity index (χ3n) is 1.70. The summed E-state index contributed by atoms with van der Waals surface area (Å²) in [6.07, 6.45) is 2.37. The first-order valence-electron chi connectivity index (χ1n) is 4.23. The van der Waals surface area contributed by atoms with Crippen molar-refractivity contribution in [3.8, 4) is 0 Å². The van der Waals surface area contributed by atoms with E-state index in [0.29, 0.717) is 6.54 Å². The van der Waals surface area contributed by atoms with Gasteiger partial charge < -0.3 is 5.32 Å². The predicted octanol–water partition coefficient (Wildman–Crippen LogP) is 2.24. The fraction of sp³-hybridized carbons (Fsp3) is 0.182. The SMILES string of the molecule is C/C(=C\C=O)CNc1ccccc1. The zero-order valence-electron chi connectivity index (χ0n) is 7.66. The Bertz CT molecular complexity index is 290. The molecule has 0 atom stereocenters. The molecule has 0 saturated heterocycles. The molecule has 0 unspecified atom stereocenters. The van der Waals surface area contributed by atoms with Crippen molar-refractivity contribution in [2.75, 3.05) is 11.9 Å². The summed E-state index contributed by atoms with van der Waals surface area (Å²) >= 11 is 0. The van der Waals surface area contributed by atoms with E-state index in [1.54, 1.807) is 6.08 Å². The molecule has 68 valence electrons. The summed E-state index contributed by atoms with van der Waals surface area (Å²) in [5, 5.41) is 3.20. The predicted molar refractivity (Wildman–Crippen MR) is 54.8 cm³/mol. The Balaban J connectivity index is 2.44. The third kappa shape index (κ3) is 3.56. The van der Waals surface area contributed by atoms with Crippen molar-refractivity contribution in [2.24, 2.45) is 0 Å². The summed E-state index contributed by atoms with van der Waals surface area (Å²) in [6, 6.07) is 9.91. The van der Waals surface area contributed by atoms with Gasteiger partial charge in [-0.1, -0.05) is 23.8 Å². The van der Waals surface area contributed by atoms with E-state index >= 15 is 0 Å². The van der Waals surface area contributed by atoms with Gasteiger partial charge in [-0.15, -0.1) is 0 Å². The van der Waals surface area contributed by atoms with Gasteiger partial charge in [-0.3, -0.25) is 4.79 Å². The minimum absolute atomic E-state index is 0.711. The lowest BCUT2D eigenvalue weighted by molar-refractivity contribution is -0.104. The van der Waals surface area contributed by atoms with E-state index in [1.807, 2.05) is 37.3 Å². The topological polar surface area (TPSA) is 29.1 Å². The fourth-order valence-corrected chi connectivity index (χ4v) is 0.973. The van der Waals surface area contributed by atoms with Gasteiger partial charge in [-0.05, 0) is 25.1 Å². The van der Waals surface area contributed by atoms with Crippen LogP contribution in [0.2, 0.25) is 0 Å². The summed E-state index contributed by atoms with van der Waals surface area (Å²) in [6.45, 7) is 2.63. The van der Waals surface area contributed by atoms with E-state index in [9.17, 15) is 4.79 Å². The number of para-hydroxylation sites is 1. The van der Waals surface area contributed by atoms with Gasteiger partial charge in [0, 0.05) is 12.2 Å². The van der Waals surface area contributed by atoms with E-state index in [4.69, 9.17) is 0 Å². The van der Waals surface area contributed by atoms with Crippen molar-refractivity contribution in [1.29, 1.82) is 0 Å². The van der Waals surface area contributed by atoms with Crippen molar-refractivity contribution in [1.82, 2.24) is 0 Å². The molecule has 0 heterocycles. The van der Waals surface area contributed by atoms with Crippen LogP contribution in [0.4, 0.5) is 5.69 Å². The highest BCUT2D eigenvalue weighted by atomic mass is 16.1. The molecule has 0 spiro atoms. The average Bonchev–Trinajstić information content (AvgIpc) is 2.17. The highest BCUT2D eigenvalue weighted by molar-refractivity contribution is 5.66. The van der Waals surface area contributed by atoms with Crippen LogP contribution in [0.1, 0.15) is 6.92 Å². The number of allylic oxidation sites excluding steroid dienone is 1. The second-order valence-corrected chi connectivity index (χ2v) is 2.87. The summed E-state index contributed by atoms with van der Waals surface area (Å²) < 4.78 is 0. The molecule has 0 radical (unpaired) electrons. The summed E-state index contributed by atoms with van der Waals surface area (Å²) in [4.78, 5) is 10.1. The molecule has 1 aromatic rings. The molecule has 0 saturated carbocycles. The number of carbonyl (C=O) groups excluding carboxylic acids is 1. The molecule has 0 aromatic heterocycles. The van der Waals surface area contributed by atoms with Crippen LogP contribution >= 0.6 is 0 Å². The number of hydrogen-bond donors (Lipinski definition) is 1. The van der Waals surface area contributed by atoms with Crippen molar-refractivity contribution in [2.45, 2.75) is 6.92 Å². The number of benzene rings is 1. The molecule has 13 heavy (non-hydrogen) atoms. The molecule has 2 heteroatoms. The van der Waals surface area contributed by atoms with Crippen LogP contribution in [-0.2, 0) is 4.79 Å². The van der Waals surface area contributed by atoms with Crippen molar-refractivity contribution < 1.29 is 4.79 Å². The molecule has 0 aliphatic rings. The summed E-state index contributed by atoms with van der Waals surface area (Å²) in [5.74, 6) is 0. The first-order chi connectivity index (χ1) is 6.33. The molecule has 0 amide bonds. The van der Waals surface area contributed by atoms with Crippen LogP contribution < -0.4 is 5.32 Å². The lowest BCUT2D eigenvalue weighted by Gasteiger charge is -2.04. The standard InChI is InChI=1S/C11H13NO/c1-10(7-8-13)9-12-11-5-3-2-4-6-11/h2-8,12H,9H2,1H3/b10-7+. The lowest BCUT2D eigenvalue weighted by Crippen LogP contribution is -2.02. The average molecular weight is 175 g/mol. The molecule has 1 aromatic carbocycles. The molecule has 0 aliphatic carbocycles. The second-order valence-electron chi connectivity index (χ2n) is 2.87. The largest absolute Gasteiger partial charge is 0.381 e. The number of carbonyl (C=O) groups is 1. The van der Waals surface area contributed by atoms with Gasteiger partial charge in [-0.2, -0.15) is 0 Å². The molecule has 0 aliphatic heterocycles. The smallest absolute Gasteiger partial charge is 0.142 e. The summed E-state index contributed by atoms with van der Waals surface area (Å²) in [5.41, 5.74) is 2.10. The maximum absolute atomic E-state index is 10.1. The first kappa shape index (κ1) is 9.52. The number of aldehydes is 1. The Hall–Kier alpha value is -1.57. The third-order valence-corrected chi connectivity index (χ3v) is 1.70. The maximum Gasteiger partial charge on any atom is 0.142 e. The molecule has 2 nitrogen and oxygen atoms in total. The van der Waals surface area contributed by atoms with Crippen molar-refractivity contribution in [3.63, 3.8) is 0 Å². The van der Waals surface area contributed by atoms with E-state index < -0.39 is 0 Å². The molecule has 1 rings (SSSR count). The van der Waals surface area contributed by atoms with E-state index in [0.717, 1.165) is 17.5 Å². The Morgan fingerprint density at radius 3 is 2.69 bits per heavy atom. The zero-order chi connectivity index (χ0) is 9.52. The van der Waals surface area contributed by atoms with Crippen LogP contribution in [0.3, 0.4) is 0 Å².